The van der Waals surface area contributed by atoms with Crippen LogP contribution < -0.4 is 4.74 Å². The Morgan fingerprint density at radius 3 is 2.67 bits per heavy atom. The topological polar surface area (TPSA) is 65.7 Å². The van der Waals surface area contributed by atoms with Gasteiger partial charge in [0.25, 0.3) is 5.95 Å². The Morgan fingerprint density at radius 1 is 1.33 bits per heavy atom. The Bertz CT molecular complexity index is 439. The largest absolute Gasteiger partial charge is 0.466 e. The number of hydrogen-bond acceptors (Lipinski definition) is 5. The van der Waals surface area contributed by atoms with Crippen LogP contribution in [0.2, 0.25) is 0 Å². The summed E-state index contributed by atoms with van der Waals surface area (Å²) in [7, 11) is 1.53. The molecule has 2 rings (SSSR count). The van der Waals surface area contributed by atoms with Crippen LogP contribution in [0.4, 0.5) is 0 Å². The van der Waals surface area contributed by atoms with E-state index >= 15 is 0 Å². The molecule has 0 aliphatic heterocycles. The number of rotatable bonds is 3. The summed E-state index contributed by atoms with van der Waals surface area (Å²) in [5, 5.41) is 4.13. The molecule has 6 nitrogen and oxygen atoms in total. The molecule has 0 atom stereocenters. The van der Waals surface area contributed by atoms with E-state index in [4.69, 9.17) is 4.74 Å². The molecule has 0 bridgehead atoms. The number of methoxy groups -OCH3 is 1. The highest BCUT2D eigenvalue weighted by Gasteiger charge is 2.11. The lowest BCUT2D eigenvalue weighted by Gasteiger charge is -1.99. The normalized spacial score (nSPS) is 10.3. The van der Waals surface area contributed by atoms with Gasteiger partial charge in [-0.1, -0.05) is 6.92 Å². The summed E-state index contributed by atoms with van der Waals surface area (Å²) >= 11 is 0. The van der Waals surface area contributed by atoms with Crippen LogP contribution in [0.5, 0.6) is 6.01 Å². The van der Waals surface area contributed by atoms with Gasteiger partial charge in [0.15, 0.2) is 0 Å². The van der Waals surface area contributed by atoms with Gasteiger partial charge in [0.2, 0.25) is 0 Å². The van der Waals surface area contributed by atoms with Gasteiger partial charge in [-0.2, -0.15) is 9.67 Å². The summed E-state index contributed by atoms with van der Waals surface area (Å²) in [5.41, 5.74) is 0. The molecule has 0 amide bonds. The first kappa shape index (κ1) is 9.57. The van der Waals surface area contributed by atoms with Gasteiger partial charge in [-0.25, -0.2) is 9.97 Å². The first-order valence-corrected chi connectivity index (χ1v) is 4.62. The second-order valence-electron chi connectivity index (χ2n) is 2.83. The lowest BCUT2D eigenvalue weighted by Crippen LogP contribution is -2.06. The molecule has 0 N–H and O–H groups in total. The van der Waals surface area contributed by atoms with E-state index in [9.17, 15) is 0 Å². The van der Waals surface area contributed by atoms with E-state index in [1.807, 2.05) is 6.92 Å². The monoisotopic (exact) mass is 205 g/mol. The molecule has 0 aliphatic rings. The van der Waals surface area contributed by atoms with Gasteiger partial charge >= 0.3 is 6.01 Å². The summed E-state index contributed by atoms with van der Waals surface area (Å²) in [6.45, 7) is 1.99. The summed E-state index contributed by atoms with van der Waals surface area (Å²) in [5.74, 6) is 1.28. The summed E-state index contributed by atoms with van der Waals surface area (Å²) in [4.78, 5) is 12.4. The van der Waals surface area contributed by atoms with Crippen LogP contribution in [0.15, 0.2) is 18.5 Å². The maximum Gasteiger partial charge on any atom is 0.335 e. The minimum atomic E-state index is 0.333. The maximum absolute atomic E-state index is 4.96. The predicted octanol–water partition coefficient (Wildman–Crippen LogP) is 0.628. The molecule has 0 saturated heterocycles. The molecule has 15 heavy (non-hydrogen) atoms. The molecule has 0 saturated carbocycles. The lowest BCUT2D eigenvalue weighted by atomic mass is 10.4. The van der Waals surface area contributed by atoms with Crippen LogP contribution in [0, 0.1) is 0 Å². The van der Waals surface area contributed by atoms with Crippen LogP contribution in [-0.4, -0.2) is 31.8 Å². The fraction of sp³-hybridized carbons (Fsp3) is 0.333. The highest BCUT2D eigenvalue weighted by atomic mass is 16.5. The van der Waals surface area contributed by atoms with Crippen LogP contribution in [0.25, 0.3) is 5.95 Å². The number of nitrogens with zero attached hydrogens (tertiary/aromatic N) is 5. The van der Waals surface area contributed by atoms with E-state index in [1.165, 1.54) is 7.11 Å². The molecule has 0 radical (unpaired) electrons. The van der Waals surface area contributed by atoms with Crippen molar-refractivity contribution in [3.63, 3.8) is 0 Å². The van der Waals surface area contributed by atoms with E-state index in [1.54, 1.807) is 23.1 Å². The van der Waals surface area contributed by atoms with Crippen LogP contribution >= 0.6 is 0 Å². The van der Waals surface area contributed by atoms with Gasteiger partial charge in [-0.15, -0.1) is 5.10 Å². The third-order valence-corrected chi connectivity index (χ3v) is 1.90. The zero-order valence-electron chi connectivity index (χ0n) is 8.58. The summed E-state index contributed by atoms with van der Waals surface area (Å²) < 4.78 is 6.54. The molecule has 2 aromatic heterocycles. The van der Waals surface area contributed by atoms with Gasteiger partial charge in [-0.05, 0) is 6.07 Å². The zero-order chi connectivity index (χ0) is 10.7. The predicted molar refractivity (Wildman–Crippen MR) is 52.9 cm³/mol. The van der Waals surface area contributed by atoms with Crippen molar-refractivity contribution in [1.82, 2.24) is 24.7 Å². The smallest absolute Gasteiger partial charge is 0.335 e. The van der Waals surface area contributed by atoms with Crippen molar-refractivity contribution in [3.05, 3.63) is 24.3 Å². The van der Waals surface area contributed by atoms with Gasteiger partial charge < -0.3 is 4.74 Å². The van der Waals surface area contributed by atoms with Crippen molar-refractivity contribution in [2.45, 2.75) is 13.3 Å². The Hall–Kier alpha value is -1.98. The lowest BCUT2D eigenvalue weighted by molar-refractivity contribution is 0.379. The Morgan fingerprint density at radius 2 is 2.07 bits per heavy atom. The summed E-state index contributed by atoms with van der Waals surface area (Å²) in [6.07, 6.45) is 4.07. The first-order valence-electron chi connectivity index (χ1n) is 4.62. The fourth-order valence-electron chi connectivity index (χ4n) is 1.20. The van der Waals surface area contributed by atoms with E-state index in [0.717, 1.165) is 12.2 Å². The molecule has 2 aromatic rings. The van der Waals surface area contributed by atoms with Gasteiger partial charge in [0.05, 0.1) is 7.11 Å². The molecule has 0 unspecified atom stereocenters. The Labute approximate surface area is 87.0 Å². The summed E-state index contributed by atoms with van der Waals surface area (Å²) in [6, 6.07) is 2.09. The van der Waals surface area contributed by atoms with Crippen molar-refractivity contribution in [2.24, 2.45) is 0 Å². The molecule has 0 spiro atoms. The first-order chi connectivity index (χ1) is 7.35. The van der Waals surface area contributed by atoms with E-state index in [0.29, 0.717) is 12.0 Å². The number of aryl methyl sites for hydroxylation is 1. The molecular formula is C9H11N5O. The van der Waals surface area contributed by atoms with Gasteiger partial charge in [0.1, 0.15) is 5.82 Å². The Kier molecular flexibility index (Phi) is 2.57. The van der Waals surface area contributed by atoms with Crippen LogP contribution in [0.1, 0.15) is 12.7 Å². The van der Waals surface area contributed by atoms with Crippen molar-refractivity contribution in [1.29, 1.82) is 0 Å². The average molecular weight is 205 g/mol. The fourth-order valence-corrected chi connectivity index (χ4v) is 1.20. The second-order valence-corrected chi connectivity index (χ2v) is 2.83. The van der Waals surface area contributed by atoms with Crippen LogP contribution in [0.3, 0.4) is 0 Å². The van der Waals surface area contributed by atoms with E-state index in [-0.39, 0.29) is 0 Å². The second kappa shape index (κ2) is 4.04. The molecule has 2 heterocycles. The average Bonchev–Trinajstić information content (AvgIpc) is 2.73. The quantitative estimate of drug-likeness (QED) is 0.735. The zero-order valence-corrected chi connectivity index (χ0v) is 8.58. The molecule has 0 aromatic carbocycles. The van der Waals surface area contributed by atoms with E-state index in [2.05, 4.69) is 20.1 Å². The molecule has 0 fully saturated rings. The maximum atomic E-state index is 4.96. The third-order valence-electron chi connectivity index (χ3n) is 1.90. The van der Waals surface area contributed by atoms with Gasteiger partial charge in [0, 0.05) is 18.8 Å². The third kappa shape index (κ3) is 1.78. The van der Waals surface area contributed by atoms with Crippen LogP contribution in [-0.2, 0) is 6.42 Å². The SMILES string of the molecule is CCc1nc(OC)nn1-c1ncccn1. The van der Waals surface area contributed by atoms with Crippen molar-refractivity contribution in [3.8, 4) is 12.0 Å². The Balaban J connectivity index is 2.47. The minimum Gasteiger partial charge on any atom is -0.466 e. The van der Waals surface area contributed by atoms with Gasteiger partial charge in [-0.3, -0.25) is 0 Å². The van der Waals surface area contributed by atoms with E-state index < -0.39 is 0 Å². The number of ether oxygens (including phenoxy) is 1. The molecule has 78 valence electrons. The molecule has 0 aliphatic carbocycles. The number of aromatic nitrogens is 5. The molecule has 6 heteroatoms. The standard InChI is InChI=1S/C9H11N5O/c1-3-7-12-9(15-2)13-14(7)8-10-5-4-6-11-8/h4-6H,3H2,1-2H3. The highest BCUT2D eigenvalue weighted by Crippen LogP contribution is 2.09. The highest BCUT2D eigenvalue weighted by molar-refractivity contribution is 5.13. The number of hydrogen-bond donors (Lipinski definition) is 0. The van der Waals surface area contributed by atoms with Crippen molar-refractivity contribution < 1.29 is 4.74 Å². The van der Waals surface area contributed by atoms with Crippen molar-refractivity contribution >= 4 is 0 Å². The minimum absolute atomic E-state index is 0.333. The van der Waals surface area contributed by atoms with Crippen molar-refractivity contribution in [2.75, 3.05) is 7.11 Å². The molecular weight excluding hydrogens is 194 g/mol.